The third-order valence-electron chi connectivity index (χ3n) is 8.26. The average molecular weight is 646 g/mol. The fraction of sp³-hybridized carbons (Fsp3) is 0.314. The molecule has 1 aliphatic heterocycles. The first-order valence-electron chi connectivity index (χ1n) is 15.0. The predicted octanol–water partition coefficient (Wildman–Crippen LogP) is 5.66. The van der Waals surface area contributed by atoms with Crippen LogP contribution in [-0.4, -0.2) is 47.2 Å². The van der Waals surface area contributed by atoms with Crippen molar-refractivity contribution in [2.24, 2.45) is 0 Å². The Morgan fingerprint density at radius 3 is 2.72 bits per heavy atom. The largest absolute Gasteiger partial charge is 0.488 e. The van der Waals surface area contributed by atoms with E-state index in [1.807, 2.05) is 18.2 Å². The number of fused-ring (bicyclic) bond motifs is 2. The van der Waals surface area contributed by atoms with Gasteiger partial charge >= 0.3 is 0 Å². The van der Waals surface area contributed by atoms with E-state index in [2.05, 4.69) is 16.4 Å². The smallest absolute Gasteiger partial charge is 0.197 e. The zero-order valence-electron chi connectivity index (χ0n) is 25.2. The Morgan fingerprint density at radius 1 is 1.09 bits per heavy atom. The zero-order valence-corrected chi connectivity index (χ0v) is 25.9. The van der Waals surface area contributed by atoms with Gasteiger partial charge in [-0.05, 0) is 60.7 Å². The highest BCUT2D eigenvalue weighted by molar-refractivity contribution is 6.32. The first-order valence-corrected chi connectivity index (χ1v) is 15.3. The van der Waals surface area contributed by atoms with Crippen molar-refractivity contribution in [3.8, 4) is 40.2 Å². The van der Waals surface area contributed by atoms with Gasteiger partial charge in [-0.3, -0.25) is 4.98 Å². The van der Waals surface area contributed by atoms with Crippen LogP contribution in [0.2, 0.25) is 5.02 Å². The van der Waals surface area contributed by atoms with Gasteiger partial charge in [-0.15, -0.1) is 0 Å². The lowest BCUT2D eigenvalue weighted by Crippen LogP contribution is -2.48. The van der Waals surface area contributed by atoms with Crippen molar-refractivity contribution in [3.05, 3.63) is 99.6 Å². The fourth-order valence-corrected chi connectivity index (χ4v) is 5.86. The number of hydrogen-bond donors (Lipinski definition) is 3. The van der Waals surface area contributed by atoms with E-state index in [9.17, 15) is 15.5 Å². The first-order chi connectivity index (χ1) is 22.3. The molecule has 0 radical (unpaired) electrons. The fourth-order valence-electron chi connectivity index (χ4n) is 5.63. The molecule has 2 aliphatic rings. The second-order valence-electron chi connectivity index (χ2n) is 11.6. The molecule has 1 aliphatic carbocycles. The summed E-state index contributed by atoms with van der Waals surface area (Å²) in [5.74, 6) is 0.967. The second-order valence-corrected chi connectivity index (χ2v) is 12.0. The van der Waals surface area contributed by atoms with E-state index in [-0.39, 0.29) is 38.2 Å². The van der Waals surface area contributed by atoms with Gasteiger partial charge in [-0.1, -0.05) is 29.8 Å². The molecule has 46 heavy (non-hydrogen) atoms. The summed E-state index contributed by atoms with van der Waals surface area (Å²) in [5.41, 5.74) is 4.03. The SMILES string of the molecule is CC(CO)(CO)NCc1cc(Cl)c(O[C@H]2CCc3c(-c4ccc5c(c4F)OCCO5)cccc32)cc1OCc1cncc(C#N)c1. The number of benzene rings is 3. The van der Waals surface area contributed by atoms with Crippen molar-refractivity contribution in [3.63, 3.8) is 0 Å². The number of halogens is 2. The molecule has 1 aromatic heterocycles. The molecule has 3 aromatic carbocycles. The maximum atomic E-state index is 15.6. The molecule has 0 saturated heterocycles. The highest BCUT2D eigenvalue weighted by atomic mass is 35.5. The number of pyridine rings is 1. The second kappa shape index (κ2) is 13.5. The minimum Gasteiger partial charge on any atom is -0.488 e. The lowest BCUT2D eigenvalue weighted by Gasteiger charge is -2.27. The summed E-state index contributed by atoms with van der Waals surface area (Å²) >= 11 is 6.77. The van der Waals surface area contributed by atoms with E-state index < -0.39 is 11.4 Å². The van der Waals surface area contributed by atoms with E-state index in [1.54, 1.807) is 43.5 Å². The lowest BCUT2D eigenvalue weighted by molar-refractivity contribution is 0.103. The molecule has 0 fully saturated rings. The van der Waals surface area contributed by atoms with Crippen LogP contribution < -0.4 is 24.3 Å². The van der Waals surface area contributed by atoms with Gasteiger partial charge in [0.05, 0.1) is 29.3 Å². The molecule has 6 rings (SSSR count). The Balaban J connectivity index is 1.28. The van der Waals surface area contributed by atoms with Gasteiger partial charge in [0.2, 0.25) is 0 Å². The van der Waals surface area contributed by atoms with Gasteiger partial charge in [0.25, 0.3) is 0 Å². The standard InChI is InChI=1S/C35H33ClFN3O6/c1-35(19-41,20-42)40-17-23-12-28(36)32(13-31(23)45-18-22-11-21(14-38)15-39-16-22)46-29-7-5-25-24(3-2-4-26(25)29)27-6-8-30-34(33(27)37)44-10-9-43-30/h2-4,6,8,11-13,15-16,29,40-42H,5,7,9-10,17-20H2,1H3/t29-/m0/s1. The minimum absolute atomic E-state index is 0.130. The van der Waals surface area contributed by atoms with E-state index >= 15 is 4.39 Å². The number of aliphatic hydroxyl groups excluding tert-OH is 2. The number of rotatable bonds is 11. The molecule has 3 N–H and O–H groups in total. The van der Waals surface area contributed by atoms with Crippen LogP contribution in [0.4, 0.5) is 4.39 Å². The van der Waals surface area contributed by atoms with Crippen molar-refractivity contribution < 1.29 is 33.6 Å². The highest BCUT2D eigenvalue weighted by Gasteiger charge is 2.30. The zero-order chi connectivity index (χ0) is 32.3. The molecule has 4 aromatic rings. The number of nitrogens with one attached hydrogen (secondary N) is 1. The average Bonchev–Trinajstić information content (AvgIpc) is 3.51. The van der Waals surface area contributed by atoms with Gasteiger partial charge in [0, 0.05) is 41.7 Å². The van der Waals surface area contributed by atoms with Gasteiger partial charge in [-0.25, -0.2) is 4.39 Å². The van der Waals surface area contributed by atoms with Gasteiger partial charge in [0.1, 0.15) is 43.5 Å². The lowest BCUT2D eigenvalue weighted by atomic mass is 9.96. The number of nitriles is 1. The molecule has 2 heterocycles. The van der Waals surface area contributed by atoms with Gasteiger partial charge in [0.15, 0.2) is 17.3 Å². The maximum absolute atomic E-state index is 15.6. The van der Waals surface area contributed by atoms with E-state index in [4.69, 9.17) is 30.5 Å². The summed E-state index contributed by atoms with van der Waals surface area (Å²) in [5, 5.41) is 32.3. The molecular weight excluding hydrogens is 613 g/mol. The van der Waals surface area contributed by atoms with Crippen LogP contribution in [0.3, 0.4) is 0 Å². The number of aromatic nitrogens is 1. The first kappa shape index (κ1) is 31.6. The predicted molar refractivity (Wildman–Crippen MR) is 169 cm³/mol. The third-order valence-corrected chi connectivity index (χ3v) is 8.56. The quantitative estimate of drug-likeness (QED) is 0.189. The van der Waals surface area contributed by atoms with Crippen molar-refractivity contribution in [1.29, 1.82) is 5.26 Å². The summed E-state index contributed by atoms with van der Waals surface area (Å²) in [4.78, 5) is 4.11. The normalized spacial score (nSPS) is 15.3. The molecule has 0 spiro atoms. The molecule has 0 bridgehead atoms. The summed E-state index contributed by atoms with van der Waals surface area (Å²) in [6, 6.07) is 16.5. The van der Waals surface area contributed by atoms with Crippen molar-refractivity contribution >= 4 is 11.6 Å². The third kappa shape index (κ3) is 6.46. The van der Waals surface area contributed by atoms with Crippen LogP contribution in [0, 0.1) is 17.1 Å². The van der Waals surface area contributed by atoms with Crippen LogP contribution in [0.5, 0.6) is 23.0 Å². The van der Waals surface area contributed by atoms with E-state index in [0.29, 0.717) is 70.6 Å². The molecule has 11 heteroatoms. The van der Waals surface area contributed by atoms with Gasteiger partial charge in [-0.2, -0.15) is 5.26 Å². The summed E-state index contributed by atoms with van der Waals surface area (Å²) in [7, 11) is 0. The minimum atomic E-state index is -0.925. The molecular formula is C35H33ClFN3O6. The Hall–Kier alpha value is -4.40. The van der Waals surface area contributed by atoms with Crippen LogP contribution in [-0.2, 0) is 19.6 Å². The van der Waals surface area contributed by atoms with Crippen molar-refractivity contribution in [1.82, 2.24) is 10.3 Å². The summed E-state index contributed by atoms with van der Waals surface area (Å²) in [6.07, 6.45) is 4.10. The topological polar surface area (TPSA) is 126 Å². The Bertz CT molecular complexity index is 1790. The van der Waals surface area contributed by atoms with Crippen LogP contribution in [0.25, 0.3) is 11.1 Å². The molecule has 1 atom stereocenters. The summed E-state index contributed by atoms with van der Waals surface area (Å²) in [6.45, 7) is 2.19. The maximum Gasteiger partial charge on any atom is 0.197 e. The Labute approximate surface area is 271 Å². The number of aliphatic hydroxyl groups is 2. The molecule has 0 amide bonds. The van der Waals surface area contributed by atoms with Crippen molar-refractivity contribution in [2.45, 2.75) is 44.6 Å². The molecule has 0 unspecified atom stereocenters. The molecule has 238 valence electrons. The highest BCUT2D eigenvalue weighted by Crippen LogP contribution is 2.45. The van der Waals surface area contributed by atoms with Crippen LogP contribution >= 0.6 is 11.6 Å². The summed E-state index contributed by atoms with van der Waals surface area (Å²) < 4.78 is 39.4. The number of nitrogens with zero attached hydrogens (tertiary/aromatic N) is 2. The van der Waals surface area contributed by atoms with Gasteiger partial charge < -0.3 is 34.5 Å². The Kier molecular flexibility index (Phi) is 9.29. The monoisotopic (exact) mass is 645 g/mol. The van der Waals surface area contributed by atoms with E-state index in [0.717, 1.165) is 16.7 Å². The van der Waals surface area contributed by atoms with E-state index in [1.165, 1.54) is 6.20 Å². The molecule has 0 saturated carbocycles. The number of hydrogen-bond acceptors (Lipinski definition) is 9. The van der Waals surface area contributed by atoms with Crippen LogP contribution in [0.15, 0.2) is 60.9 Å². The number of ether oxygens (including phenoxy) is 4. The Morgan fingerprint density at radius 2 is 1.91 bits per heavy atom. The van der Waals surface area contributed by atoms with Crippen molar-refractivity contribution in [2.75, 3.05) is 26.4 Å². The van der Waals surface area contributed by atoms with Crippen LogP contribution in [0.1, 0.15) is 47.3 Å². The molecule has 9 nitrogen and oxygen atoms in total.